The van der Waals surface area contributed by atoms with E-state index in [0.29, 0.717) is 23.0 Å². The fraction of sp³-hybridized carbons (Fsp3) is 0.261. The number of guanidine groups is 1. The molecular formula is C23H26N4O2. The standard InChI is InChI=1S/C23H26N4O2/c1-4-27(5-2)23(24)25-21-15-20(26-29-21)16(3)18-12-9-13-19(14-18)22(28)17-10-7-6-8-11-17/h6-16H,4-5H2,1-3H3,(H2,24,25). The van der Waals surface area contributed by atoms with Gasteiger partial charge in [0.1, 0.15) is 0 Å². The zero-order chi connectivity index (χ0) is 20.8. The predicted molar refractivity (Wildman–Crippen MR) is 115 cm³/mol. The van der Waals surface area contributed by atoms with Gasteiger partial charge in [0.15, 0.2) is 11.7 Å². The zero-order valence-corrected chi connectivity index (χ0v) is 17.0. The van der Waals surface area contributed by atoms with E-state index in [9.17, 15) is 4.79 Å². The van der Waals surface area contributed by atoms with E-state index in [1.807, 2.05) is 80.3 Å². The molecule has 0 aliphatic carbocycles. The monoisotopic (exact) mass is 390 g/mol. The second kappa shape index (κ2) is 9.19. The van der Waals surface area contributed by atoms with Crippen molar-refractivity contribution in [1.82, 2.24) is 10.1 Å². The molecule has 0 spiro atoms. The Labute approximate surface area is 171 Å². The quantitative estimate of drug-likeness (QED) is 0.368. The second-order valence-electron chi connectivity index (χ2n) is 6.77. The molecule has 0 aliphatic heterocycles. The van der Waals surface area contributed by atoms with Crippen LogP contribution in [0.3, 0.4) is 0 Å². The van der Waals surface area contributed by atoms with Gasteiger partial charge in [0.25, 0.3) is 5.88 Å². The first-order valence-corrected chi connectivity index (χ1v) is 9.78. The summed E-state index contributed by atoms with van der Waals surface area (Å²) >= 11 is 0. The van der Waals surface area contributed by atoms with E-state index in [1.54, 1.807) is 6.07 Å². The number of ketones is 1. The van der Waals surface area contributed by atoms with Crippen molar-refractivity contribution in [3.8, 4) is 0 Å². The molecule has 0 saturated heterocycles. The summed E-state index contributed by atoms with van der Waals surface area (Å²) in [6, 6.07) is 18.6. The van der Waals surface area contributed by atoms with E-state index in [-0.39, 0.29) is 11.7 Å². The van der Waals surface area contributed by atoms with Crippen molar-refractivity contribution in [2.45, 2.75) is 26.7 Å². The summed E-state index contributed by atoms with van der Waals surface area (Å²) in [5, 5.41) is 4.15. The van der Waals surface area contributed by atoms with Gasteiger partial charge in [-0.1, -0.05) is 60.6 Å². The van der Waals surface area contributed by atoms with E-state index < -0.39 is 0 Å². The minimum atomic E-state index is -0.0547. The van der Waals surface area contributed by atoms with E-state index in [4.69, 9.17) is 10.3 Å². The van der Waals surface area contributed by atoms with Crippen LogP contribution >= 0.6 is 0 Å². The van der Waals surface area contributed by atoms with Crippen molar-refractivity contribution >= 4 is 17.6 Å². The third kappa shape index (κ3) is 4.71. The molecule has 0 fully saturated rings. The molecular weight excluding hydrogens is 364 g/mol. The fourth-order valence-electron chi connectivity index (χ4n) is 3.14. The van der Waals surface area contributed by atoms with Crippen molar-refractivity contribution in [2.24, 2.45) is 10.7 Å². The lowest BCUT2D eigenvalue weighted by atomic mass is 9.94. The molecule has 3 aromatic rings. The molecule has 29 heavy (non-hydrogen) atoms. The molecule has 150 valence electrons. The highest BCUT2D eigenvalue weighted by Crippen LogP contribution is 2.27. The van der Waals surface area contributed by atoms with Crippen molar-refractivity contribution < 1.29 is 9.32 Å². The number of rotatable bonds is 7. The summed E-state index contributed by atoms with van der Waals surface area (Å²) < 4.78 is 5.35. The maximum Gasteiger partial charge on any atom is 0.253 e. The lowest BCUT2D eigenvalue weighted by molar-refractivity contribution is 0.103. The number of aromatic nitrogens is 1. The van der Waals surface area contributed by atoms with E-state index >= 15 is 0 Å². The number of hydrogen-bond donors (Lipinski definition) is 1. The van der Waals surface area contributed by atoms with Crippen LogP contribution in [0.2, 0.25) is 0 Å². The van der Waals surface area contributed by atoms with Gasteiger partial charge in [-0.15, -0.1) is 0 Å². The Hall–Kier alpha value is -3.41. The first-order valence-electron chi connectivity index (χ1n) is 9.78. The van der Waals surface area contributed by atoms with Crippen LogP contribution < -0.4 is 5.73 Å². The second-order valence-corrected chi connectivity index (χ2v) is 6.77. The molecule has 2 aromatic carbocycles. The van der Waals surface area contributed by atoms with E-state index in [1.165, 1.54) is 0 Å². The van der Waals surface area contributed by atoms with Crippen LogP contribution in [0.5, 0.6) is 0 Å². The summed E-state index contributed by atoms with van der Waals surface area (Å²) in [4.78, 5) is 19.0. The van der Waals surface area contributed by atoms with Crippen LogP contribution in [-0.4, -0.2) is 34.9 Å². The summed E-state index contributed by atoms with van der Waals surface area (Å²) in [6.07, 6.45) is 0. The van der Waals surface area contributed by atoms with Crippen molar-refractivity contribution in [3.05, 3.63) is 83.0 Å². The third-order valence-electron chi connectivity index (χ3n) is 4.96. The molecule has 0 saturated carbocycles. The number of aliphatic imine (C=N–C) groups is 1. The van der Waals surface area contributed by atoms with Crippen LogP contribution in [0.4, 0.5) is 5.88 Å². The van der Waals surface area contributed by atoms with Gasteiger partial charge >= 0.3 is 0 Å². The number of benzene rings is 2. The normalized spacial score (nSPS) is 12.6. The van der Waals surface area contributed by atoms with Gasteiger partial charge in [-0.05, 0) is 25.5 Å². The van der Waals surface area contributed by atoms with Gasteiger partial charge in [-0.3, -0.25) is 4.79 Å². The first-order chi connectivity index (χ1) is 14.0. The maximum absolute atomic E-state index is 12.7. The Balaban J connectivity index is 1.81. The maximum atomic E-state index is 12.7. The van der Waals surface area contributed by atoms with Gasteiger partial charge in [-0.2, -0.15) is 4.99 Å². The number of hydrogen-bond acceptors (Lipinski definition) is 4. The largest absolute Gasteiger partial charge is 0.369 e. The van der Waals surface area contributed by atoms with Crippen molar-refractivity contribution in [3.63, 3.8) is 0 Å². The van der Waals surface area contributed by atoms with Gasteiger partial charge in [-0.25, -0.2) is 0 Å². The van der Waals surface area contributed by atoms with Crippen molar-refractivity contribution in [2.75, 3.05) is 13.1 Å². The van der Waals surface area contributed by atoms with E-state index in [2.05, 4.69) is 10.1 Å². The van der Waals surface area contributed by atoms with Crippen LogP contribution in [0.15, 0.2) is 70.2 Å². The summed E-state index contributed by atoms with van der Waals surface area (Å²) in [7, 11) is 0. The van der Waals surface area contributed by atoms with Crippen LogP contribution in [0.1, 0.15) is 53.9 Å². The van der Waals surface area contributed by atoms with Crippen LogP contribution in [0.25, 0.3) is 0 Å². The number of nitrogens with zero attached hydrogens (tertiary/aromatic N) is 3. The Kier molecular flexibility index (Phi) is 6.44. The third-order valence-corrected chi connectivity index (χ3v) is 4.96. The minimum Gasteiger partial charge on any atom is -0.369 e. The molecule has 1 aromatic heterocycles. The number of carbonyl (C=O) groups excluding carboxylic acids is 1. The predicted octanol–water partition coefficient (Wildman–Crippen LogP) is 4.35. The molecule has 0 amide bonds. The summed E-state index contributed by atoms with van der Waals surface area (Å²) in [6.45, 7) is 7.59. The summed E-state index contributed by atoms with van der Waals surface area (Å²) in [5.74, 6) is 0.714. The molecule has 1 heterocycles. The zero-order valence-electron chi connectivity index (χ0n) is 17.0. The smallest absolute Gasteiger partial charge is 0.253 e. The summed E-state index contributed by atoms with van der Waals surface area (Å²) in [5.41, 5.74) is 9.06. The highest BCUT2D eigenvalue weighted by molar-refractivity contribution is 6.09. The molecule has 2 N–H and O–H groups in total. The van der Waals surface area contributed by atoms with E-state index in [0.717, 1.165) is 24.3 Å². The Morgan fingerprint density at radius 2 is 1.76 bits per heavy atom. The molecule has 0 bridgehead atoms. The van der Waals surface area contributed by atoms with Gasteiger partial charge < -0.3 is 15.2 Å². The molecule has 6 nitrogen and oxygen atoms in total. The highest BCUT2D eigenvalue weighted by atomic mass is 16.5. The molecule has 0 aliphatic rings. The average molecular weight is 390 g/mol. The molecule has 0 radical (unpaired) electrons. The number of nitrogens with two attached hydrogens (primary N) is 1. The molecule has 1 atom stereocenters. The van der Waals surface area contributed by atoms with Crippen molar-refractivity contribution in [1.29, 1.82) is 0 Å². The van der Waals surface area contributed by atoms with Gasteiger partial charge in [0, 0.05) is 36.2 Å². The lowest BCUT2D eigenvalue weighted by Gasteiger charge is -2.18. The first kappa shape index (κ1) is 20.3. The topological polar surface area (TPSA) is 84.7 Å². The average Bonchev–Trinajstić information content (AvgIpc) is 3.22. The Morgan fingerprint density at radius 3 is 2.45 bits per heavy atom. The SMILES string of the molecule is CCN(CC)/C(N)=N/c1cc(C(C)c2cccc(C(=O)c3ccccc3)c2)no1. The molecule has 1 unspecified atom stereocenters. The lowest BCUT2D eigenvalue weighted by Crippen LogP contribution is -2.36. The Bertz CT molecular complexity index is 991. The minimum absolute atomic E-state index is 0.00270. The van der Waals surface area contributed by atoms with Crippen LogP contribution in [-0.2, 0) is 0 Å². The molecule has 6 heteroatoms. The highest BCUT2D eigenvalue weighted by Gasteiger charge is 2.17. The van der Waals surface area contributed by atoms with Gasteiger partial charge in [0.2, 0.25) is 0 Å². The van der Waals surface area contributed by atoms with Gasteiger partial charge in [0.05, 0.1) is 5.69 Å². The fourth-order valence-corrected chi connectivity index (χ4v) is 3.14. The number of carbonyl (C=O) groups is 1. The Morgan fingerprint density at radius 1 is 1.07 bits per heavy atom. The molecule has 3 rings (SSSR count). The van der Waals surface area contributed by atoms with Crippen LogP contribution in [0, 0.1) is 0 Å².